The molecule has 0 aliphatic rings. The van der Waals surface area contributed by atoms with E-state index >= 15 is 0 Å². The second-order valence-electron chi connectivity index (χ2n) is 5.76. The van der Waals surface area contributed by atoms with E-state index in [1.165, 1.54) is 20.2 Å². The first-order chi connectivity index (χ1) is 12.8. The van der Waals surface area contributed by atoms with Gasteiger partial charge in [-0.2, -0.15) is 0 Å². The van der Waals surface area contributed by atoms with Crippen molar-refractivity contribution in [3.63, 3.8) is 0 Å². The van der Waals surface area contributed by atoms with E-state index in [0.717, 1.165) is 9.13 Å². The highest BCUT2D eigenvalue weighted by Gasteiger charge is 2.23. The number of methoxy groups -OCH3 is 1. The fourth-order valence-electron chi connectivity index (χ4n) is 2.58. The molecule has 0 aliphatic heterocycles. The number of anilines is 1. The summed E-state index contributed by atoms with van der Waals surface area (Å²) in [5.41, 5.74) is 4.20. The van der Waals surface area contributed by atoms with Crippen molar-refractivity contribution in [1.82, 2.24) is 9.13 Å². The number of para-hydroxylation sites is 1. The molecule has 0 radical (unpaired) electrons. The Morgan fingerprint density at radius 2 is 1.85 bits per heavy atom. The second-order valence-corrected chi connectivity index (χ2v) is 5.76. The molecule has 2 rings (SSSR count). The summed E-state index contributed by atoms with van der Waals surface area (Å²) in [6, 6.07) is 6.37. The van der Waals surface area contributed by atoms with Gasteiger partial charge in [-0.15, -0.1) is 0 Å². The van der Waals surface area contributed by atoms with Crippen LogP contribution in [-0.4, -0.2) is 34.6 Å². The van der Waals surface area contributed by atoms with Gasteiger partial charge in [0.25, 0.3) is 5.56 Å². The number of ether oxygens (including phenoxy) is 2. The maximum atomic E-state index is 12.5. The summed E-state index contributed by atoms with van der Waals surface area (Å²) in [5, 5.41) is 0. The number of carbonyl (C=O) groups excluding carboxylic acids is 2. The highest BCUT2D eigenvalue weighted by molar-refractivity contribution is 6.02. The van der Waals surface area contributed by atoms with Gasteiger partial charge in [0, 0.05) is 13.6 Å². The summed E-state index contributed by atoms with van der Waals surface area (Å²) in [5.74, 6) is -1.51. The highest BCUT2D eigenvalue weighted by atomic mass is 16.5. The molecule has 27 heavy (non-hydrogen) atoms. The fraction of sp³-hybridized carbons (Fsp3) is 0.333. The van der Waals surface area contributed by atoms with E-state index < -0.39 is 29.6 Å². The number of carbonyl (C=O) groups is 2. The third kappa shape index (κ3) is 3.91. The Balaban J connectivity index is 2.30. The van der Waals surface area contributed by atoms with E-state index in [4.69, 9.17) is 15.2 Å². The van der Waals surface area contributed by atoms with Crippen LogP contribution in [0.1, 0.15) is 34.1 Å². The molecule has 0 saturated carbocycles. The number of aromatic nitrogens is 2. The Labute approximate surface area is 154 Å². The summed E-state index contributed by atoms with van der Waals surface area (Å²) in [7, 11) is 2.66. The summed E-state index contributed by atoms with van der Waals surface area (Å²) < 4.78 is 12.0. The van der Waals surface area contributed by atoms with Gasteiger partial charge in [0.15, 0.2) is 6.61 Å². The van der Waals surface area contributed by atoms with E-state index in [9.17, 15) is 19.2 Å². The fourth-order valence-corrected chi connectivity index (χ4v) is 2.58. The van der Waals surface area contributed by atoms with E-state index in [-0.39, 0.29) is 23.5 Å². The predicted molar refractivity (Wildman–Crippen MR) is 98.3 cm³/mol. The quantitative estimate of drug-likeness (QED) is 0.555. The topological polar surface area (TPSA) is 123 Å². The van der Waals surface area contributed by atoms with Crippen molar-refractivity contribution in [2.45, 2.75) is 19.9 Å². The van der Waals surface area contributed by atoms with Crippen LogP contribution in [0.5, 0.6) is 5.75 Å². The Kier molecular flexibility index (Phi) is 6.17. The molecule has 0 bridgehead atoms. The average Bonchev–Trinajstić information content (AvgIpc) is 2.67. The van der Waals surface area contributed by atoms with Crippen molar-refractivity contribution >= 4 is 17.6 Å². The van der Waals surface area contributed by atoms with E-state index in [1.54, 1.807) is 18.2 Å². The lowest BCUT2D eigenvalue weighted by Gasteiger charge is -2.14. The van der Waals surface area contributed by atoms with Crippen molar-refractivity contribution in [2.24, 2.45) is 7.05 Å². The van der Waals surface area contributed by atoms with E-state index in [2.05, 4.69) is 0 Å². The maximum absolute atomic E-state index is 12.5. The number of ketones is 1. The molecule has 1 heterocycles. The predicted octanol–water partition coefficient (Wildman–Crippen LogP) is 0.587. The standard InChI is InChI=1S/C18H21N3O6/c1-4-9-21-15(19)14(16(23)20(2)18(21)25)12(22)10-27-17(24)11-7-5-6-8-13(11)26-3/h5-8H,4,9-10,19H2,1-3H3. The lowest BCUT2D eigenvalue weighted by Crippen LogP contribution is -2.43. The summed E-state index contributed by atoms with van der Waals surface area (Å²) in [4.78, 5) is 49.1. The number of hydrogen-bond donors (Lipinski definition) is 1. The minimum absolute atomic E-state index is 0.143. The zero-order valence-electron chi connectivity index (χ0n) is 15.4. The van der Waals surface area contributed by atoms with E-state index in [0.29, 0.717) is 12.2 Å². The van der Waals surface area contributed by atoms with Gasteiger partial charge in [-0.3, -0.25) is 18.7 Å². The summed E-state index contributed by atoms with van der Waals surface area (Å²) >= 11 is 0. The summed E-state index contributed by atoms with van der Waals surface area (Å²) in [6.07, 6.45) is 0.582. The third-order valence-electron chi connectivity index (χ3n) is 3.97. The van der Waals surface area contributed by atoms with Crippen LogP contribution in [-0.2, 0) is 18.3 Å². The van der Waals surface area contributed by atoms with Crippen LogP contribution in [0, 0.1) is 0 Å². The van der Waals surface area contributed by atoms with Gasteiger partial charge in [0.05, 0.1) is 7.11 Å². The molecule has 0 atom stereocenters. The van der Waals surface area contributed by atoms with Crippen LogP contribution in [0.3, 0.4) is 0 Å². The lowest BCUT2D eigenvalue weighted by molar-refractivity contribution is 0.0471. The molecular formula is C18H21N3O6. The van der Waals surface area contributed by atoms with Gasteiger partial charge >= 0.3 is 11.7 Å². The minimum Gasteiger partial charge on any atom is -0.496 e. The highest BCUT2D eigenvalue weighted by Crippen LogP contribution is 2.18. The molecule has 1 aromatic heterocycles. The normalized spacial score (nSPS) is 10.5. The molecule has 2 aromatic rings. The van der Waals surface area contributed by atoms with Crippen molar-refractivity contribution in [3.8, 4) is 5.75 Å². The lowest BCUT2D eigenvalue weighted by atomic mass is 10.2. The molecule has 0 spiro atoms. The number of benzene rings is 1. The average molecular weight is 375 g/mol. The molecule has 0 amide bonds. The minimum atomic E-state index is -0.830. The maximum Gasteiger partial charge on any atom is 0.342 e. The SMILES string of the molecule is CCCn1c(N)c(C(=O)COC(=O)c2ccccc2OC)c(=O)n(C)c1=O. The number of hydrogen-bond acceptors (Lipinski definition) is 7. The molecule has 0 unspecified atom stereocenters. The molecular weight excluding hydrogens is 354 g/mol. The third-order valence-corrected chi connectivity index (χ3v) is 3.97. The Hall–Kier alpha value is -3.36. The Morgan fingerprint density at radius 3 is 2.48 bits per heavy atom. The monoisotopic (exact) mass is 375 g/mol. The number of Topliss-reactive ketones (excluding diaryl/α,β-unsaturated/α-hetero) is 1. The van der Waals surface area contributed by atoms with Crippen molar-refractivity contribution in [1.29, 1.82) is 0 Å². The molecule has 0 saturated heterocycles. The number of rotatable bonds is 7. The smallest absolute Gasteiger partial charge is 0.342 e. The number of nitrogens with two attached hydrogens (primary N) is 1. The van der Waals surface area contributed by atoms with Crippen LogP contribution < -0.4 is 21.7 Å². The van der Waals surface area contributed by atoms with Crippen molar-refractivity contribution in [3.05, 3.63) is 56.2 Å². The van der Waals surface area contributed by atoms with Gasteiger partial charge in [-0.25, -0.2) is 9.59 Å². The number of nitrogen functional groups attached to an aromatic ring is 1. The Morgan fingerprint density at radius 1 is 1.19 bits per heavy atom. The van der Waals surface area contributed by atoms with Gasteiger partial charge < -0.3 is 15.2 Å². The van der Waals surface area contributed by atoms with Crippen molar-refractivity contribution in [2.75, 3.05) is 19.5 Å². The van der Waals surface area contributed by atoms with Gasteiger partial charge in [-0.1, -0.05) is 19.1 Å². The van der Waals surface area contributed by atoms with Crippen LogP contribution in [0.25, 0.3) is 0 Å². The molecule has 144 valence electrons. The zero-order valence-corrected chi connectivity index (χ0v) is 15.4. The van der Waals surface area contributed by atoms with Gasteiger partial charge in [0.1, 0.15) is 22.7 Å². The van der Waals surface area contributed by atoms with Crippen LogP contribution in [0.2, 0.25) is 0 Å². The van der Waals surface area contributed by atoms with Crippen LogP contribution in [0.4, 0.5) is 5.82 Å². The number of esters is 1. The van der Waals surface area contributed by atoms with Crippen LogP contribution >= 0.6 is 0 Å². The van der Waals surface area contributed by atoms with Gasteiger partial charge in [0.2, 0.25) is 5.78 Å². The second kappa shape index (κ2) is 8.35. The zero-order chi connectivity index (χ0) is 20.1. The molecule has 0 fully saturated rings. The van der Waals surface area contributed by atoms with Crippen molar-refractivity contribution < 1.29 is 19.1 Å². The molecule has 2 N–H and O–H groups in total. The van der Waals surface area contributed by atoms with Gasteiger partial charge in [-0.05, 0) is 18.6 Å². The first-order valence-corrected chi connectivity index (χ1v) is 8.26. The first-order valence-electron chi connectivity index (χ1n) is 8.26. The first kappa shape index (κ1) is 20.0. The summed E-state index contributed by atoms with van der Waals surface area (Å²) in [6.45, 7) is 1.38. The van der Waals surface area contributed by atoms with E-state index in [1.807, 2.05) is 6.92 Å². The van der Waals surface area contributed by atoms with Crippen LogP contribution in [0.15, 0.2) is 33.9 Å². The molecule has 9 heteroatoms. The molecule has 1 aromatic carbocycles. The number of nitrogens with zero attached hydrogens (tertiary/aromatic N) is 2. The largest absolute Gasteiger partial charge is 0.496 e. The Bertz CT molecular complexity index is 990. The molecule has 9 nitrogen and oxygen atoms in total. The molecule has 0 aliphatic carbocycles.